The van der Waals surface area contributed by atoms with Gasteiger partial charge < -0.3 is 33.8 Å². The molecule has 0 radical (unpaired) electrons. The summed E-state index contributed by atoms with van der Waals surface area (Å²) in [6.07, 6.45) is 55.6. The monoisotopic (exact) mass is 1420 g/mol. The largest absolute Gasteiger partial charge is 0.472 e. The molecule has 19 heteroatoms. The Labute approximate surface area is 594 Å². The third kappa shape index (κ3) is 72.2. The fourth-order valence-electron chi connectivity index (χ4n) is 12.0. The van der Waals surface area contributed by atoms with Gasteiger partial charge >= 0.3 is 39.5 Å². The predicted octanol–water partition coefficient (Wildman–Crippen LogP) is 23.0. The number of hydrogen-bond acceptors (Lipinski definition) is 15. The highest BCUT2D eigenvalue weighted by Gasteiger charge is 2.30. The number of phosphoric ester groups is 2. The molecule has 0 aromatic heterocycles. The second-order valence-electron chi connectivity index (χ2n) is 29.5. The van der Waals surface area contributed by atoms with Crippen LogP contribution in [-0.2, 0) is 65.4 Å². The van der Waals surface area contributed by atoms with Crippen LogP contribution in [0, 0.1) is 17.8 Å². The van der Waals surface area contributed by atoms with E-state index in [9.17, 15) is 43.2 Å². The van der Waals surface area contributed by atoms with Crippen molar-refractivity contribution in [2.24, 2.45) is 17.8 Å². The summed E-state index contributed by atoms with van der Waals surface area (Å²) in [5, 5.41) is 10.6. The Morgan fingerprint density at radius 2 is 0.474 bits per heavy atom. The first-order chi connectivity index (χ1) is 46.7. The van der Waals surface area contributed by atoms with Gasteiger partial charge in [-0.3, -0.25) is 37.3 Å². The normalized spacial score (nSPS) is 14.0. The molecule has 0 aliphatic rings. The molecule has 3 N–H and O–H groups in total. The van der Waals surface area contributed by atoms with Gasteiger partial charge in [0.2, 0.25) is 0 Å². The highest BCUT2D eigenvalue weighted by atomic mass is 31.2. The topological polar surface area (TPSA) is 237 Å². The number of carbonyl (C=O) groups is 4. The van der Waals surface area contributed by atoms with Crippen LogP contribution in [0.15, 0.2) is 0 Å². The maximum Gasteiger partial charge on any atom is 0.472 e. The molecular formula is C78H152O17P2. The van der Waals surface area contributed by atoms with Crippen molar-refractivity contribution in [1.82, 2.24) is 0 Å². The first-order valence-corrected chi connectivity index (χ1v) is 43.3. The smallest absolute Gasteiger partial charge is 0.462 e. The second-order valence-corrected chi connectivity index (χ2v) is 32.4. The quantitative estimate of drug-likeness (QED) is 0.0222. The standard InChI is InChI=1S/C78H152O17P2/c1-8-9-10-11-12-13-23-30-38-45-52-59-75(80)88-66-74(95-78(83)62-55-48-41-34-33-37-44-51-58-71(6)7)68-93-97(86,87)91-64-72(79)63-90-96(84,85)92-67-73(65-89-76(81)60-53-46-39-31-27-22-25-29-36-43-50-57-70(4)5)94-77(82)61-54-47-40-32-26-21-19-17-15-14-16-18-20-24-28-35-42-49-56-69(2)3/h69-74,79H,8-68H2,1-7H3,(H,84,85)(H,86,87)/t72-,73-,74-/m1/s1. The molecule has 0 aliphatic heterocycles. The van der Waals surface area contributed by atoms with Gasteiger partial charge in [0, 0.05) is 25.7 Å². The van der Waals surface area contributed by atoms with E-state index in [0.717, 1.165) is 108 Å². The van der Waals surface area contributed by atoms with Gasteiger partial charge in [-0.25, -0.2) is 9.13 Å². The Morgan fingerprint density at radius 3 is 0.701 bits per heavy atom. The number of ether oxygens (including phenoxy) is 4. The van der Waals surface area contributed by atoms with E-state index in [-0.39, 0.29) is 25.7 Å². The fraction of sp³-hybridized carbons (Fsp3) is 0.949. The number of unbranched alkanes of at least 4 members (excludes halogenated alkanes) is 44. The van der Waals surface area contributed by atoms with Crippen LogP contribution >= 0.6 is 15.6 Å². The van der Waals surface area contributed by atoms with Crippen LogP contribution in [0.3, 0.4) is 0 Å². The van der Waals surface area contributed by atoms with Crippen molar-refractivity contribution in [1.29, 1.82) is 0 Å². The van der Waals surface area contributed by atoms with Crippen molar-refractivity contribution >= 4 is 39.5 Å². The van der Waals surface area contributed by atoms with Crippen LogP contribution in [-0.4, -0.2) is 96.7 Å². The van der Waals surface area contributed by atoms with Gasteiger partial charge in [0.15, 0.2) is 12.2 Å². The summed E-state index contributed by atoms with van der Waals surface area (Å²) in [7, 11) is -9.91. The van der Waals surface area contributed by atoms with Gasteiger partial charge in [0.25, 0.3) is 0 Å². The molecule has 0 aliphatic carbocycles. The average Bonchev–Trinajstić information content (AvgIpc) is 1.35. The van der Waals surface area contributed by atoms with Crippen molar-refractivity contribution < 1.29 is 80.2 Å². The van der Waals surface area contributed by atoms with Crippen LogP contribution in [0.25, 0.3) is 0 Å². The van der Waals surface area contributed by atoms with Crippen LogP contribution in [0.1, 0.15) is 402 Å². The molecule has 0 aromatic carbocycles. The minimum Gasteiger partial charge on any atom is -0.462 e. The van der Waals surface area contributed by atoms with Gasteiger partial charge in [0.1, 0.15) is 19.3 Å². The highest BCUT2D eigenvalue weighted by Crippen LogP contribution is 2.45. The Kier molecular flexibility index (Phi) is 67.1. The Morgan fingerprint density at radius 1 is 0.278 bits per heavy atom. The van der Waals surface area contributed by atoms with Crippen molar-refractivity contribution in [3.8, 4) is 0 Å². The Hall–Kier alpha value is -1.94. The van der Waals surface area contributed by atoms with Gasteiger partial charge in [-0.1, -0.05) is 350 Å². The van der Waals surface area contributed by atoms with E-state index in [4.69, 9.17) is 37.0 Å². The van der Waals surface area contributed by atoms with E-state index in [1.807, 2.05) is 0 Å². The maximum absolute atomic E-state index is 13.1. The number of esters is 4. The van der Waals surface area contributed by atoms with Crippen LogP contribution in [0.4, 0.5) is 0 Å². The summed E-state index contributed by atoms with van der Waals surface area (Å²) >= 11 is 0. The molecule has 0 saturated carbocycles. The molecule has 0 rings (SSSR count). The molecule has 0 amide bonds. The SMILES string of the molecule is CCCCCCCCCCCCCC(=O)OC[C@H](COP(=O)(O)OC[C@H](O)COP(=O)(O)OC[C@@H](COC(=O)CCCCCCCCCCCCCC(C)C)OC(=O)CCCCCCCCCCCCCCCCCCCCC(C)C)OC(=O)CCCCCCCCCCC(C)C. The first-order valence-electron chi connectivity index (χ1n) is 40.3. The zero-order valence-electron chi connectivity index (χ0n) is 63.5. The molecule has 97 heavy (non-hydrogen) atoms. The molecule has 576 valence electrons. The molecule has 0 heterocycles. The minimum atomic E-state index is -4.96. The molecule has 5 atom stereocenters. The zero-order valence-corrected chi connectivity index (χ0v) is 65.3. The molecule has 17 nitrogen and oxygen atoms in total. The van der Waals surface area contributed by atoms with Gasteiger partial charge in [0.05, 0.1) is 26.4 Å². The van der Waals surface area contributed by atoms with E-state index in [0.29, 0.717) is 25.7 Å². The van der Waals surface area contributed by atoms with Crippen molar-refractivity contribution in [2.75, 3.05) is 39.6 Å². The van der Waals surface area contributed by atoms with Crippen LogP contribution in [0.2, 0.25) is 0 Å². The average molecular weight is 1420 g/mol. The fourth-order valence-corrected chi connectivity index (χ4v) is 13.5. The van der Waals surface area contributed by atoms with E-state index >= 15 is 0 Å². The number of rotatable bonds is 76. The second kappa shape index (κ2) is 68.5. The van der Waals surface area contributed by atoms with Crippen LogP contribution in [0.5, 0.6) is 0 Å². The lowest BCUT2D eigenvalue weighted by molar-refractivity contribution is -0.161. The maximum atomic E-state index is 13.1. The molecular weight excluding hydrogens is 1270 g/mol. The van der Waals surface area contributed by atoms with E-state index in [1.54, 1.807) is 0 Å². The first kappa shape index (κ1) is 95.1. The molecule has 2 unspecified atom stereocenters. The highest BCUT2D eigenvalue weighted by molar-refractivity contribution is 7.47. The van der Waals surface area contributed by atoms with Gasteiger partial charge in [-0.2, -0.15) is 0 Å². The van der Waals surface area contributed by atoms with Gasteiger partial charge in [-0.15, -0.1) is 0 Å². The summed E-state index contributed by atoms with van der Waals surface area (Å²) in [5.74, 6) is 0.193. The molecule has 0 fully saturated rings. The molecule has 0 aromatic rings. The lowest BCUT2D eigenvalue weighted by atomic mass is 10.0. The van der Waals surface area contributed by atoms with Crippen LogP contribution < -0.4 is 0 Å². The summed E-state index contributed by atoms with van der Waals surface area (Å²) < 4.78 is 68.6. The van der Waals surface area contributed by atoms with E-state index in [2.05, 4.69) is 48.5 Å². The Bertz CT molecular complexity index is 1890. The minimum absolute atomic E-state index is 0.105. The molecule has 0 spiro atoms. The summed E-state index contributed by atoms with van der Waals surface area (Å²) in [5.41, 5.74) is 0. The van der Waals surface area contributed by atoms with E-state index < -0.39 is 97.5 Å². The third-order valence-corrected chi connectivity index (χ3v) is 20.0. The lowest BCUT2D eigenvalue weighted by Crippen LogP contribution is -2.30. The van der Waals surface area contributed by atoms with Gasteiger partial charge in [-0.05, 0) is 43.4 Å². The summed E-state index contributed by atoms with van der Waals surface area (Å²) in [6.45, 7) is 11.9. The molecule has 0 bridgehead atoms. The number of phosphoric acid groups is 2. The number of hydrogen-bond donors (Lipinski definition) is 3. The van der Waals surface area contributed by atoms with Crippen molar-refractivity contribution in [2.45, 2.75) is 420 Å². The predicted molar refractivity (Wildman–Crippen MR) is 395 cm³/mol. The van der Waals surface area contributed by atoms with E-state index in [1.165, 1.54) is 212 Å². The molecule has 0 saturated heterocycles. The van der Waals surface area contributed by atoms with Crippen molar-refractivity contribution in [3.63, 3.8) is 0 Å². The number of carbonyl (C=O) groups excluding carboxylic acids is 4. The third-order valence-electron chi connectivity index (χ3n) is 18.1. The Balaban J connectivity index is 5.21. The van der Waals surface area contributed by atoms with Crippen molar-refractivity contribution in [3.05, 3.63) is 0 Å². The number of aliphatic hydroxyl groups excluding tert-OH is 1. The number of aliphatic hydroxyl groups is 1. The summed E-state index contributed by atoms with van der Waals surface area (Å²) in [6, 6.07) is 0. The zero-order chi connectivity index (χ0) is 71.6. The lowest BCUT2D eigenvalue weighted by Gasteiger charge is -2.21. The summed E-state index contributed by atoms with van der Waals surface area (Å²) in [4.78, 5) is 72.8.